The Morgan fingerprint density at radius 3 is 1.96 bits per heavy atom. The minimum atomic E-state index is -0.353. The van der Waals surface area contributed by atoms with E-state index in [2.05, 4.69) is 27.7 Å². The van der Waals surface area contributed by atoms with Crippen molar-refractivity contribution >= 4 is 0 Å². The molecule has 0 aromatic heterocycles. The molecule has 4 nitrogen and oxygen atoms in total. The smallest absolute Gasteiger partial charge is 0.170 e. The summed E-state index contributed by atoms with van der Waals surface area (Å²) in [7, 11) is 3.62. The fourth-order valence-electron chi connectivity index (χ4n) is 3.80. The molecule has 0 N–H and O–H groups in total. The van der Waals surface area contributed by atoms with E-state index in [-0.39, 0.29) is 5.79 Å². The van der Waals surface area contributed by atoms with Gasteiger partial charge >= 0.3 is 0 Å². The Labute approximate surface area is 176 Å². The van der Waals surface area contributed by atoms with Gasteiger partial charge in [-0.2, -0.15) is 0 Å². The monoisotopic (exact) mass is 402 g/mol. The zero-order valence-electron chi connectivity index (χ0n) is 19.9. The Morgan fingerprint density at radius 1 is 0.821 bits per heavy atom. The van der Waals surface area contributed by atoms with Gasteiger partial charge in [-0.05, 0) is 19.3 Å². The van der Waals surface area contributed by atoms with E-state index in [1.54, 1.807) is 0 Å². The van der Waals surface area contributed by atoms with Crippen molar-refractivity contribution in [1.82, 2.24) is 0 Å². The van der Waals surface area contributed by atoms with Gasteiger partial charge in [-0.25, -0.2) is 0 Å². The topological polar surface area (TPSA) is 40.2 Å². The van der Waals surface area contributed by atoms with Gasteiger partial charge < -0.3 is 18.9 Å². The van der Waals surface area contributed by atoms with Crippen molar-refractivity contribution in [2.45, 2.75) is 117 Å². The van der Waals surface area contributed by atoms with Crippen LogP contribution in [0, 0.1) is 5.92 Å². The second-order valence-corrected chi connectivity index (χ2v) is 8.04. The number of hydrogen-bond acceptors (Lipinski definition) is 4. The summed E-state index contributed by atoms with van der Waals surface area (Å²) in [5, 5.41) is 0. The maximum atomic E-state index is 5.82. The van der Waals surface area contributed by atoms with Crippen LogP contribution in [0.25, 0.3) is 0 Å². The van der Waals surface area contributed by atoms with E-state index in [0.29, 0.717) is 12.0 Å². The molecule has 0 aromatic carbocycles. The molecule has 0 aromatic rings. The Bertz CT molecular complexity index is 314. The lowest BCUT2D eigenvalue weighted by atomic mass is 9.85. The normalized spacial score (nSPS) is 17.1. The molecule has 4 heteroatoms. The fraction of sp³-hybridized carbons (Fsp3) is 1.00. The van der Waals surface area contributed by atoms with Gasteiger partial charge in [-0.3, -0.25) is 0 Å². The first-order valence-electron chi connectivity index (χ1n) is 11.9. The molecule has 1 saturated heterocycles. The van der Waals surface area contributed by atoms with Crippen molar-refractivity contribution in [2.75, 3.05) is 34.0 Å². The first-order chi connectivity index (χ1) is 13.6. The third-order valence-corrected chi connectivity index (χ3v) is 5.51. The zero-order valence-corrected chi connectivity index (χ0v) is 19.9. The van der Waals surface area contributed by atoms with Gasteiger partial charge in [0.25, 0.3) is 0 Å². The van der Waals surface area contributed by atoms with E-state index in [9.17, 15) is 0 Å². The summed E-state index contributed by atoms with van der Waals surface area (Å²) < 4.78 is 21.7. The van der Waals surface area contributed by atoms with E-state index in [1.807, 2.05) is 14.2 Å². The number of epoxide rings is 1. The molecule has 1 aliphatic rings. The summed E-state index contributed by atoms with van der Waals surface area (Å²) in [6.07, 6.45) is 15.4. The van der Waals surface area contributed by atoms with Crippen LogP contribution >= 0.6 is 0 Å². The predicted octanol–water partition coefficient (Wildman–Crippen LogP) is 6.75. The average Bonchev–Trinajstić information content (AvgIpc) is 3.53. The van der Waals surface area contributed by atoms with Crippen LogP contribution in [0.5, 0.6) is 0 Å². The van der Waals surface area contributed by atoms with Crippen LogP contribution in [0.3, 0.4) is 0 Å². The van der Waals surface area contributed by atoms with E-state index in [0.717, 1.165) is 39.1 Å². The standard InChI is InChI=1S/C18H38O2.C6H12O2/c1-6-9-10-11-12-13-15-17(14-7-2)18(19-4,20-5)16-8-3;1-2-3-7-4-6-5-8-6/h17H,6-16H2,1-5H3;6H,2-5H2,1H3. The summed E-state index contributed by atoms with van der Waals surface area (Å²) in [5.41, 5.74) is 0. The average molecular weight is 403 g/mol. The summed E-state index contributed by atoms with van der Waals surface area (Å²) >= 11 is 0. The molecule has 2 atom stereocenters. The molecular formula is C24H50O4. The van der Waals surface area contributed by atoms with Crippen LogP contribution in [0.2, 0.25) is 0 Å². The predicted molar refractivity (Wildman–Crippen MR) is 119 cm³/mol. The molecule has 0 radical (unpaired) electrons. The molecular weight excluding hydrogens is 352 g/mol. The van der Waals surface area contributed by atoms with Crippen LogP contribution < -0.4 is 0 Å². The lowest BCUT2D eigenvalue weighted by Crippen LogP contribution is -2.42. The van der Waals surface area contributed by atoms with Gasteiger partial charge in [0.2, 0.25) is 0 Å². The van der Waals surface area contributed by atoms with Crippen molar-refractivity contribution in [3.63, 3.8) is 0 Å². The van der Waals surface area contributed by atoms with Gasteiger partial charge in [0.1, 0.15) is 6.10 Å². The van der Waals surface area contributed by atoms with E-state index >= 15 is 0 Å². The Hall–Kier alpha value is -0.160. The van der Waals surface area contributed by atoms with E-state index < -0.39 is 0 Å². The molecule has 28 heavy (non-hydrogen) atoms. The molecule has 0 aliphatic carbocycles. The van der Waals surface area contributed by atoms with Crippen LogP contribution in [-0.4, -0.2) is 45.9 Å². The van der Waals surface area contributed by atoms with Crippen LogP contribution in [0.4, 0.5) is 0 Å². The molecule has 0 saturated carbocycles. The van der Waals surface area contributed by atoms with Gasteiger partial charge in [0.15, 0.2) is 5.79 Å². The zero-order chi connectivity index (χ0) is 21.1. The Morgan fingerprint density at radius 2 is 1.46 bits per heavy atom. The first-order valence-corrected chi connectivity index (χ1v) is 11.9. The van der Waals surface area contributed by atoms with Gasteiger partial charge in [0, 0.05) is 33.2 Å². The highest BCUT2D eigenvalue weighted by atomic mass is 16.7. The first kappa shape index (κ1) is 27.8. The van der Waals surface area contributed by atoms with Crippen molar-refractivity contribution < 1.29 is 18.9 Å². The Balaban J connectivity index is 0.000000749. The molecule has 1 aliphatic heterocycles. The van der Waals surface area contributed by atoms with Gasteiger partial charge in [-0.1, -0.05) is 79.1 Å². The van der Waals surface area contributed by atoms with E-state index in [1.165, 1.54) is 57.8 Å². The molecule has 170 valence electrons. The third-order valence-electron chi connectivity index (χ3n) is 5.51. The van der Waals surface area contributed by atoms with Crippen molar-refractivity contribution in [1.29, 1.82) is 0 Å². The lowest BCUT2D eigenvalue weighted by molar-refractivity contribution is -0.247. The number of hydrogen-bond donors (Lipinski definition) is 0. The highest BCUT2D eigenvalue weighted by Crippen LogP contribution is 2.35. The molecule has 1 rings (SSSR count). The molecule has 0 spiro atoms. The SMILES string of the molecule is CCCCCCCCC(CCC)C(CCC)(OC)OC.CCCOCC1CO1. The van der Waals surface area contributed by atoms with Crippen molar-refractivity contribution in [2.24, 2.45) is 5.92 Å². The summed E-state index contributed by atoms with van der Waals surface area (Å²) in [6, 6.07) is 0. The van der Waals surface area contributed by atoms with Crippen LogP contribution in [0.1, 0.15) is 105 Å². The minimum Gasteiger partial charge on any atom is -0.379 e. The fourth-order valence-corrected chi connectivity index (χ4v) is 3.80. The molecule has 1 heterocycles. The molecule has 0 amide bonds. The third kappa shape index (κ3) is 13.1. The summed E-state index contributed by atoms with van der Waals surface area (Å²) in [6.45, 7) is 11.4. The van der Waals surface area contributed by atoms with E-state index in [4.69, 9.17) is 18.9 Å². The van der Waals surface area contributed by atoms with Gasteiger partial charge in [0.05, 0.1) is 13.2 Å². The van der Waals surface area contributed by atoms with Crippen molar-refractivity contribution in [3.05, 3.63) is 0 Å². The maximum absolute atomic E-state index is 5.82. The minimum absolute atomic E-state index is 0.353. The summed E-state index contributed by atoms with van der Waals surface area (Å²) in [4.78, 5) is 0. The molecule has 1 fully saturated rings. The highest BCUT2D eigenvalue weighted by molar-refractivity contribution is 4.79. The quantitative estimate of drug-likeness (QED) is 0.144. The Kier molecular flexibility index (Phi) is 18.7. The number of unbranched alkanes of at least 4 members (excludes halogenated alkanes) is 5. The number of ether oxygens (including phenoxy) is 4. The highest BCUT2D eigenvalue weighted by Gasteiger charge is 2.37. The number of methoxy groups -OCH3 is 2. The second kappa shape index (κ2) is 18.8. The molecule has 0 bridgehead atoms. The van der Waals surface area contributed by atoms with Crippen LogP contribution in [0.15, 0.2) is 0 Å². The second-order valence-electron chi connectivity index (χ2n) is 8.04. The maximum Gasteiger partial charge on any atom is 0.170 e. The van der Waals surface area contributed by atoms with Crippen LogP contribution in [-0.2, 0) is 18.9 Å². The largest absolute Gasteiger partial charge is 0.379 e. The van der Waals surface area contributed by atoms with Gasteiger partial charge in [-0.15, -0.1) is 0 Å². The number of rotatable bonds is 18. The lowest BCUT2D eigenvalue weighted by Gasteiger charge is -2.38. The summed E-state index contributed by atoms with van der Waals surface area (Å²) in [5.74, 6) is 0.183. The molecule has 2 unspecified atom stereocenters. The van der Waals surface area contributed by atoms with Crippen molar-refractivity contribution in [3.8, 4) is 0 Å².